The van der Waals surface area contributed by atoms with Gasteiger partial charge in [-0.25, -0.2) is 0 Å². The zero-order chi connectivity index (χ0) is 10.4. The van der Waals surface area contributed by atoms with Crippen molar-refractivity contribution in [1.82, 2.24) is 4.98 Å². The molecule has 0 aliphatic carbocycles. The number of rotatable bonds is 5. The van der Waals surface area contributed by atoms with Crippen LogP contribution in [0.15, 0.2) is 24.5 Å². The Morgan fingerprint density at radius 3 is 2.43 bits per heavy atom. The molecule has 0 bridgehead atoms. The molecule has 14 heavy (non-hydrogen) atoms. The van der Waals surface area contributed by atoms with Crippen LogP contribution in [0.25, 0.3) is 0 Å². The SMILES string of the molecule is CC(C)CCC(Cl)Cc1ccncc1. The Morgan fingerprint density at radius 2 is 1.86 bits per heavy atom. The first kappa shape index (κ1) is 11.5. The van der Waals surface area contributed by atoms with Gasteiger partial charge in [0.2, 0.25) is 0 Å². The Balaban J connectivity index is 2.30. The lowest BCUT2D eigenvalue weighted by atomic mass is 10.0. The molecule has 0 saturated carbocycles. The summed E-state index contributed by atoms with van der Waals surface area (Å²) < 4.78 is 0. The monoisotopic (exact) mass is 211 g/mol. The third-order valence-electron chi connectivity index (χ3n) is 2.26. The third kappa shape index (κ3) is 4.61. The number of pyridine rings is 1. The Labute approximate surface area is 91.5 Å². The highest BCUT2D eigenvalue weighted by Crippen LogP contribution is 2.15. The van der Waals surface area contributed by atoms with E-state index in [0.717, 1.165) is 18.8 Å². The van der Waals surface area contributed by atoms with E-state index >= 15 is 0 Å². The van der Waals surface area contributed by atoms with Crippen LogP contribution in [0.2, 0.25) is 0 Å². The lowest BCUT2D eigenvalue weighted by molar-refractivity contribution is 0.541. The van der Waals surface area contributed by atoms with E-state index in [4.69, 9.17) is 11.6 Å². The first-order chi connectivity index (χ1) is 6.68. The largest absolute Gasteiger partial charge is 0.265 e. The maximum absolute atomic E-state index is 6.24. The van der Waals surface area contributed by atoms with Crippen molar-refractivity contribution in [2.45, 2.75) is 38.5 Å². The standard InChI is InChI=1S/C12H18ClN/c1-10(2)3-4-12(13)9-11-5-7-14-8-6-11/h5-8,10,12H,3-4,9H2,1-2H3. The molecule has 1 atom stereocenters. The molecule has 78 valence electrons. The van der Waals surface area contributed by atoms with Gasteiger partial charge in [-0.1, -0.05) is 13.8 Å². The molecule has 1 aromatic rings. The zero-order valence-electron chi connectivity index (χ0n) is 8.91. The molecule has 0 saturated heterocycles. The summed E-state index contributed by atoms with van der Waals surface area (Å²) >= 11 is 6.24. The predicted molar refractivity (Wildman–Crippen MR) is 61.7 cm³/mol. The Kier molecular flexibility index (Phi) is 4.95. The summed E-state index contributed by atoms with van der Waals surface area (Å²) in [6.45, 7) is 4.46. The van der Waals surface area contributed by atoms with Crippen molar-refractivity contribution in [2.75, 3.05) is 0 Å². The second-order valence-corrected chi connectivity index (χ2v) is 4.75. The van der Waals surface area contributed by atoms with Gasteiger partial charge in [0.05, 0.1) is 0 Å². The molecule has 0 fully saturated rings. The van der Waals surface area contributed by atoms with Crippen LogP contribution in [0, 0.1) is 5.92 Å². The molecule has 0 aliphatic heterocycles. The molecule has 0 N–H and O–H groups in total. The van der Waals surface area contributed by atoms with Gasteiger partial charge >= 0.3 is 0 Å². The van der Waals surface area contributed by atoms with Gasteiger partial charge in [-0.2, -0.15) is 0 Å². The molecule has 1 nitrogen and oxygen atoms in total. The molecule has 1 rings (SSSR count). The van der Waals surface area contributed by atoms with E-state index in [2.05, 4.69) is 18.8 Å². The summed E-state index contributed by atoms with van der Waals surface area (Å²) in [6.07, 6.45) is 6.90. The van der Waals surface area contributed by atoms with Gasteiger partial charge in [0.25, 0.3) is 0 Å². The van der Waals surface area contributed by atoms with E-state index in [1.807, 2.05) is 24.5 Å². The van der Waals surface area contributed by atoms with E-state index in [-0.39, 0.29) is 5.38 Å². The summed E-state index contributed by atoms with van der Waals surface area (Å²) in [4.78, 5) is 3.98. The van der Waals surface area contributed by atoms with E-state index in [9.17, 15) is 0 Å². The van der Waals surface area contributed by atoms with Crippen LogP contribution in [0.1, 0.15) is 32.3 Å². The highest BCUT2D eigenvalue weighted by Gasteiger charge is 2.06. The van der Waals surface area contributed by atoms with Gasteiger partial charge in [0.1, 0.15) is 0 Å². The number of hydrogen-bond acceptors (Lipinski definition) is 1. The normalized spacial score (nSPS) is 13.1. The average Bonchev–Trinajstić information content (AvgIpc) is 2.16. The highest BCUT2D eigenvalue weighted by molar-refractivity contribution is 6.20. The van der Waals surface area contributed by atoms with Crippen LogP contribution < -0.4 is 0 Å². The fraction of sp³-hybridized carbons (Fsp3) is 0.583. The molecule has 0 aromatic carbocycles. The number of halogens is 1. The summed E-state index contributed by atoms with van der Waals surface area (Å²) in [6, 6.07) is 4.06. The zero-order valence-corrected chi connectivity index (χ0v) is 9.67. The maximum atomic E-state index is 6.24. The van der Waals surface area contributed by atoms with Crippen molar-refractivity contribution < 1.29 is 0 Å². The first-order valence-electron chi connectivity index (χ1n) is 5.21. The van der Waals surface area contributed by atoms with Crippen LogP contribution in [0.5, 0.6) is 0 Å². The molecule has 0 spiro atoms. The fourth-order valence-corrected chi connectivity index (χ4v) is 1.70. The van der Waals surface area contributed by atoms with E-state index in [0.29, 0.717) is 0 Å². The van der Waals surface area contributed by atoms with Crippen molar-refractivity contribution in [1.29, 1.82) is 0 Å². The fourth-order valence-electron chi connectivity index (χ4n) is 1.39. The molecule has 0 radical (unpaired) electrons. The summed E-state index contributed by atoms with van der Waals surface area (Å²) in [5.41, 5.74) is 1.28. The Hall–Kier alpha value is -0.560. The lowest BCUT2D eigenvalue weighted by Gasteiger charge is -2.10. The lowest BCUT2D eigenvalue weighted by Crippen LogP contribution is -2.05. The molecular formula is C12H18ClN. The van der Waals surface area contributed by atoms with Gasteiger partial charge in [-0.05, 0) is 42.9 Å². The summed E-state index contributed by atoms with van der Waals surface area (Å²) in [7, 11) is 0. The van der Waals surface area contributed by atoms with Crippen LogP contribution in [0.4, 0.5) is 0 Å². The Bertz CT molecular complexity index is 246. The van der Waals surface area contributed by atoms with Crippen molar-refractivity contribution in [3.8, 4) is 0 Å². The smallest absolute Gasteiger partial charge is 0.0376 e. The molecule has 1 unspecified atom stereocenters. The first-order valence-corrected chi connectivity index (χ1v) is 5.65. The molecular weight excluding hydrogens is 194 g/mol. The number of alkyl halides is 1. The van der Waals surface area contributed by atoms with E-state index < -0.39 is 0 Å². The van der Waals surface area contributed by atoms with Gasteiger partial charge in [0, 0.05) is 17.8 Å². The molecule has 1 aromatic heterocycles. The van der Waals surface area contributed by atoms with Crippen LogP contribution in [-0.4, -0.2) is 10.4 Å². The number of nitrogens with zero attached hydrogens (tertiary/aromatic N) is 1. The second kappa shape index (κ2) is 6.02. The molecule has 1 heterocycles. The maximum Gasteiger partial charge on any atom is 0.0376 e. The van der Waals surface area contributed by atoms with Gasteiger partial charge < -0.3 is 0 Å². The summed E-state index contributed by atoms with van der Waals surface area (Å²) in [5, 5.41) is 0.264. The molecule has 0 amide bonds. The second-order valence-electron chi connectivity index (χ2n) is 4.13. The number of aromatic nitrogens is 1. The van der Waals surface area contributed by atoms with Crippen molar-refractivity contribution in [3.05, 3.63) is 30.1 Å². The third-order valence-corrected chi connectivity index (χ3v) is 2.64. The van der Waals surface area contributed by atoms with Crippen LogP contribution in [-0.2, 0) is 6.42 Å². The van der Waals surface area contributed by atoms with Crippen LogP contribution >= 0.6 is 11.6 Å². The van der Waals surface area contributed by atoms with Gasteiger partial charge in [-0.15, -0.1) is 11.6 Å². The topological polar surface area (TPSA) is 12.9 Å². The molecule has 0 aliphatic rings. The summed E-state index contributed by atoms with van der Waals surface area (Å²) in [5.74, 6) is 0.744. The van der Waals surface area contributed by atoms with Crippen LogP contribution in [0.3, 0.4) is 0 Å². The minimum absolute atomic E-state index is 0.264. The predicted octanol–water partition coefficient (Wildman–Crippen LogP) is 3.67. The Morgan fingerprint density at radius 1 is 1.21 bits per heavy atom. The minimum Gasteiger partial charge on any atom is -0.265 e. The minimum atomic E-state index is 0.264. The van der Waals surface area contributed by atoms with E-state index in [1.54, 1.807) is 0 Å². The van der Waals surface area contributed by atoms with E-state index in [1.165, 1.54) is 12.0 Å². The van der Waals surface area contributed by atoms with Gasteiger partial charge in [0.15, 0.2) is 0 Å². The average molecular weight is 212 g/mol. The van der Waals surface area contributed by atoms with Crippen molar-refractivity contribution in [3.63, 3.8) is 0 Å². The number of hydrogen-bond donors (Lipinski definition) is 0. The highest BCUT2D eigenvalue weighted by atomic mass is 35.5. The molecule has 2 heteroatoms. The quantitative estimate of drug-likeness (QED) is 0.678. The van der Waals surface area contributed by atoms with Gasteiger partial charge in [-0.3, -0.25) is 4.98 Å². The van der Waals surface area contributed by atoms with Crippen molar-refractivity contribution in [2.24, 2.45) is 5.92 Å². The van der Waals surface area contributed by atoms with Crippen molar-refractivity contribution >= 4 is 11.6 Å².